The van der Waals surface area contributed by atoms with Gasteiger partial charge in [-0.25, -0.2) is 0 Å². The maximum absolute atomic E-state index is 12.1. The Labute approximate surface area is 142 Å². The van der Waals surface area contributed by atoms with Crippen molar-refractivity contribution in [2.45, 2.75) is 18.9 Å². The number of amides is 1. The highest BCUT2D eigenvalue weighted by atomic mass is 35.5. The normalized spacial score (nSPS) is 18.0. The van der Waals surface area contributed by atoms with Crippen molar-refractivity contribution in [3.8, 4) is 0 Å². The Morgan fingerprint density at radius 2 is 2.13 bits per heavy atom. The van der Waals surface area contributed by atoms with Crippen LogP contribution < -0.4 is 5.32 Å². The molecule has 1 atom stereocenters. The van der Waals surface area contributed by atoms with Gasteiger partial charge in [0.15, 0.2) is 0 Å². The van der Waals surface area contributed by atoms with Crippen LogP contribution in [0.2, 0.25) is 5.02 Å². The first kappa shape index (κ1) is 16.0. The van der Waals surface area contributed by atoms with Gasteiger partial charge in [0.1, 0.15) is 0 Å². The predicted octanol–water partition coefficient (Wildman–Crippen LogP) is 3.71. The Hall–Kier alpha value is -1.84. The molecule has 119 valence electrons. The van der Waals surface area contributed by atoms with E-state index in [1.54, 1.807) is 24.3 Å². The topological polar surface area (TPSA) is 32.3 Å². The van der Waals surface area contributed by atoms with Gasteiger partial charge >= 0.3 is 0 Å². The molecule has 2 aromatic rings. The maximum Gasteiger partial charge on any atom is 0.251 e. The molecule has 0 saturated carbocycles. The molecule has 1 amide bonds. The summed E-state index contributed by atoms with van der Waals surface area (Å²) in [6, 6.07) is 18.7. The van der Waals surface area contributed by atoms with Gasteiger partial charge in [-0.1, -0.05) is 29.8 Å². The number of rotatable bonds is 5. The number of likely N-dealkylation sites (tertiary alicyclic amines) is 1. The average Bonchev–Trinajstić information content (AvgIpc) is 3.05. The standard InChI is InChI=1S/C19H20ClN2O/c20-17-10-8-16(9-11-17)19(23)21-12-14-22-13-4-7-18(22)15-5-2-1-3-6-15/h1-2,5-6,8-11,18H,4,7,12-14H2,(H,21,23). The summed E-state index contributed by atoms with van der Waals surface area (Å²) in [5, 5.41) is 3.63. The van der Waals surface area contributed by atoms with Crippen molar-refractivity contribution in [3.05, 3.63) is 70.7 Å². The summed E-state index contributed by atoms with van der Waals surface area (Å²) in [5.74, 6) is -0.0505. The fourth-order valence-electron chi connectivity index (χ4n) is 3.10. The van der Waals surface area contributed by atoms with Gasteiger partial charge in [0.25, 0.3) is 5.91 Å². The molecule has 0 bridgehead atoms. The molecule has 1 aliphatic rings. The van der Waals surface area contributed by atoms with Crippen LogP contribution in [-0.4, -0.2) is 30.4 Å². The number of nitrogens with one attached hydrogen (secondary N) is 1. The van der Waals surface area contributed by atoms with Gasteiger partial charge in [0.2, 0.25) is 0 Å². The Morgan fingerprint density at radius 1 is 1.30 bits per heavy atom. The zero-order valence-electron chi connectivity index (χ0n) is 13.0. The van der Waals surface area contributed by atoms with E-state index in [-0.39, 0.29) is 5.91 Å². The Kier molecular flexibility index (Phi) is 5.31. The van der Waals surface area contributed by atoms with Crippen LogP contribution in [0.15, 0.2) is 48.5 Å². The fourth-order valence-corrected chi connectivity index (χ4v) is 3.23. The average molecular weight is 328 g/mol. The van der Waals surface area contributed by atoms with Gasteiger partial charge in [0, 0.05) is 29.7 Å². The molecule has 3 rings (SSSR count). The van der Waals surface area contributed by atoms with Gasteiger partial charge in [-0.05, 0) is 61.3 Å². The molecule has 1 fully saturated rings. The number of nitrogens with zero attached hydrogens (tertiary/aromatic N) is 1. The van der Waals surface area contributed by atoms with Crippen LogP contribution in [0.5, 0.6) is 0 Å². The third-order valence-electron chi connectivity index (χ3n) is 4.27. The largest absolute Gasteiger partial charge is 0.351 e. The van der Waals surface area contributed by atoms with Crippen LogP contribution in [0, 0.1) is 6.07 Å². The van der Waals surface area contributed by atoms with E-state index < -0.39 is 0 Å². The minimum absolute atomic E-state index is 0.0505. The first-order chi connectivity index (χ1) is 11.2. The second-order valence-corrected chi connectivity index (χ2v) is 6.23. The summed E-state index contributed by atoms with van der Waals surface area (Å²) < 4.78 is 0. The van der Waals surface area contributed by atoms with E-state index in [1.807, 2.05) is 12.1 Å². The molecule has 1 heterocycles. The smallest absolute Gasteiger partial charge is 0.251 e. The van der Waals surface area contributed by atoms with E-state index >= 15 is 0 Å². The SMILES string of the molecule is O=C(NCCN1CCCC1c1c[c]ccc1)c1ccc(Cl)cc1. The van der Waals surface area contributed by atoms with E-state index in [9.17, 15) is 4.79 Å². The molecule has 1 saturated heterocycles. The highest BCUT2D eigenvalue weighted by molar-refractivity contribution is 6.30. The summed E-state index contributed by atoms with van der Waals surface area (Å²) in [4.78, 5) is 14.5. The van der Waals surface area contributed by atoms with Gasteiger partial charge in [-0.15, -0.1) is 0 Å². The lowest BCUT2D eigenvalue weighted by molar-refractivity contribution is 0.0947. The number of carbonyl (C=O) groups excluding carboxylic acids is 1. The van der Waals surface area contributed by atoms with Crippen LogP contribution in [-0.2, 0) is 0 Å². The first-order valence-electron chi connectivity index (χ1n) is 7.98. The van der Waals surface area contributed by atoms with Gasteiger partial charge in [-0.2, -0.15) is 0 Å². The maximum atomic E-state index is 12.1. The van der Waals surface area contributed by atoms with E-state index in [2.05, 4.69) is 28.4 Å². The van der Waals surface area contributed by atoms with Crippen molar-refractivity contribution in [1.82, 2.24) is 10.2 Å². The quantitative estimate of drug-likeness (QED) is 0.908. The molecule has 0 aliphatic carbocycles. The van der Waals surface area contributed by atoms with E-state index in [0.29, 0.717) is 23.2 Å². The minimum Gasteiger partial charge on any atom is -0.351 e. The molecule has 1 unspecified atom stereocenters. The first-order valence-corrected chi connectivity index (χ1v) is 8.35. The Bertz CT molecular complexity index is 642. The number of benzene rings is 2. The molecule has 1 aliphatic heterocycles. The van der Waals surface area contributed by atoms with Gasteiger partial charge in [0.05, 0.1) is 0 Å². The number of hydrogen-bond donors (Lipinski definition) is 1. The number of carbonyl (C=O) groups is 1. The lowest BCUT2D eigenvalue weighted by atomic mass is 10.0. The second kappa shape index (κ2) is 7.62. The Morgan fingerprint density at radius 3 is 2.87 bits per heavy atom. The molecular formula is C19H20ClN2O. The van der Waals surface area contributed by atoms with Gasteiger partial charge < -0.3 is 5.32 Å². The predicted molar refractivity (Wildman–Crippen MR) is 92.6 cm³/mol. The lowest BCUT2D eigenvalue weighted by Crippen LogP contribution is -2.34. The third kappa shape index (κ3) is 4.12. The number of halogens is 1. The summed E-state index contributed by atoms with van der Waals surface area (Å²) >= 11 is 5.84. The van der Waals surface area contributed by atoms with E-state index in [0.717, 1.165) is 13.1 Å². The van der Waals surface area contributed by atoms with Crippen LogP contribution in [0.3, 0.4) is 0 Å². The summed E-state index contributed by atoms with van der Waals surface area (Å²) in [7, 11) is 0. The van der Waals surface area contributed by atoms with Crippen molar-refractivity contribution in [1.29, 1.82) is 0 Å². The van der Waals surface area contributed by atoms with Crippen LogP contribution >= 0.6 is 11.6 Å². The van der Waals surface area contributed by atoms with Crippen molar-refractivity contribution < 1.29 is 4.79 Å². The van der Waals surface area contributed by atoms with Crippen molar-refractivity contribution >= 4 is 17.5 Å². The molecule has 1 N–H and O–H groups in total. The monoisotopic (exact) mass is 327 g/mol. The zero-order valence-corrected chi connectivity index (χ0v) is 13.7. The third-order valence-corrected chi connectivity index (χ3v) is 4.52. The molecule has 2 aromatic carbocycles. The van der Waals surface area contributed by atoms with E-state index in [1.165, 1.54) is 18.4 Å². The summed E-state index contributed by atoms with van der Waals surface area (Å²) in [6.45, 7) is 2.59. The van der Waals surface area contributed by atoms with Crippen molar-refractivity contribution in [2.75, 3.05) is 19.6 Å². The van der Waals surface area contributed by atoms with Crippen LogP contribution in [0.25, 0.3) is 0 Å². The second-order valence-electron chi connectivity index (χ2n) is 5.79. The van der Waals surface area contributed by atoms with Crippen LogP contribution in [0.1, 0.15) is 34.8 Å². The van der Waals surface area contributed by atoms with Gasteiger partial charge in [-0.3, -0.25) is 9.69 Å². The highest BCUT2D eigenvalue weighted by Gasteiger charge is 2.25. The highest BCUT2D eigenvalue weighted by Crippen LogP contribution is 2.30. The number of hydrogen-bond acceptors (Lipinski definition) is 2. The lowest BCUT2D eigenvalue weighted by Gasteiger charge is -2.24. The molecule has 1 radical (unpaired) electrons. The van der Waals surface area contributed by atoms with E-state index in [4.69, 9.17) is 11.6 Å². The molecular weight excluding hydrogens is 308 g/mol. The summed E-state index contributed by atoms with van der Waals surface area (Å²) in [6.07, 6.45) is 2.37. The fraction of sp³-hybridized carbons (Fsp3) is 0.316. The summed E-state index contributed by atoms with van der Waals surface area (Å²) in [5.41, 5.74) is 1.96. The molecule has 4 heteroatoms. The van der Waals surface area contributed by atoms with Crippen molar-refractivity contribution in [3.63, 3.8) is 0 Å². The molecule has 0 spiro atoms. The minimum atomic E-state index is -0.0505. The molecule has 3 nitrogen and oxygen atoms in total. The Balaban J connectivity index is 1.52. The zero-order chi connectivity index (χ0) is 16.1. The molecule has 0 aromatic heterocycles. The van der Waals surface area contributed by atoms with Crippen molar-refractivity contribution in [2.24, 2.45) is 0 Å². The van der Waals surface area contributed by atoms with Crippen LogP contribution in [0.4, 0.5) is 0 Å². The molecule has 23 heavy (non-hydrogen) atoms.